The third-order valence-electron chi connectivity index (χ3n) is 4.83. The Balaban J connectivity index is 1.75. The van der Waals surface area contributed by atoms with Crippen LogP contribution in [0.25, 0.3) is 0 Å². The minimum Gasteiger partial charge on any atom is -0.324 e. The van der Waals surface area contributed by atoms with Crippen LogP contribution in [-0.2, 0) is 11.2 Å². The quantitative estimate of drug-likeness (QED) is 0.845. The highest BCUT2D eigenvalue weighted by atomic mass is 32.2. The number of thiophene rings is 1. The molecule has 1 aromatic carbocycles. The average molecular weight is 389 g/mol. The zero-order valence-electron chi connectivity index (χ0n) is 15.6. The van der Waals surface area contributed by atoms with E-state index in [1.165, 1.54) is 27.3 Å². The Morgan fingerprint density at radius 1 is 1.19 bits per heavy atom. The van der Waals surface area contributed by atoms with E-state index < -0.39 is 6.04 Å². The van der Waals surface area contributed by atoms with Crippen LogP contribution in [-0.4, -0.2) is 34.4 Å². The van der Waals surface area contributed by atoms with Gasteiger partial charge in [0.05, 0.1) is 10.8 Å². The van der Waals surface area contributed by atoms with Gasteiger partial charge in [-0.1, -0.05) is 13.0 Å². The summed E-state index contributed by atoms with van der Waals surface area (Å²) in [7, 11) is 0. The molecule has 2 amide bonds. The van der Waals surface area contributed by atoms with Gasteiger partial charge in [0, 0.05) is 16.3 Å². The molecule has 3 rings (SSSR count). The van der Waals surface area contributed by atoms with Crippen LogP contribution in [0, 0.1) is 20.8 Å². The number of rotatable bonds is 4. The van der Waals surface area contributed by atoms with Crippen LogP contribution in [0.4, 0.5) is 5.69 Å². The molecule has 0 radical (unpaired) electrons. The zero-order valence-corrected chi connectivity index (χ0v) is 17.2. The summed E-state index contributed by atoms with van der Waals surface area (Å²) >= 11 is 3.15. The van der Waals surface area contributed by atoms with Gasteiger partial charge < -0.3 is 10.2 Å². The van der Waals surface area contributed by atoms with Crippen molar-refractivity contribution in [3.8, 4) is 0 Å². The molecule has 1 saturated heterocycles. The van der Waals surface area contributed by atoms with Crippen molar-refractivity contribution in [3.63, 3.8) is 0 Å². The van der Waals surface area contributed by atoms with Crippen molar-refractivity contribution >= 4 is 40.6 Å². The van der Waals surface area contributed by atoms with Gasteiger partial charge in [-0.15, -0.1) is 23.1 Å². The third kappa shape index (κ3) is 3.81. The van der Waals surface area contributed by atoms with E-state index in [9.17, 15) is 9.59 Å². The van der Waals surface area contributed by atoms with Crippen LogP contribution in [0.1, 0.15) is 38.2 Å². The number of nitrogens with zero attached hydrogens (tertiary/aromatic N) is 1. The monoisotopic (exact) mass is 388 g/mol. The highest BCUT2D eigenvalue weighted by Gasteiger charge is 2.35. The first-order valence-electron chi connectivity index (χ1n) is 8.76. The standard InChI is InChI=1S/C20H24N2O2S2/c1-5-15-9-18(26-14(15)4)20(24)22-11-25-10-17(22)19(23)21-16-7-6-12(2)13(3)8-16/h6-9,17H,5,10-11H2,1-4H3,(H,21,23). The van der Waals surface area contributed by atoms with E-state index in [-0.39, 0.29) is 11.8 Å². The highest BCUT2D eigenvalue weighted by Crippen LogP contribution is 2.29. The Hall–Kier alpha value is -1.79. The Labute approximate surface area is 163 Å². The van der Waals surface area contributed by atoms with E-state index in [4.69, 9.17) is 0 Å². The fraction of sp³-hybridized carbons (Fsp3) is 0.400. The Kier molecular flexibility index (Phi) is 5.73. The molecule has 1 atom stereocenters. The molecule has 26 heavy (non-hydrogen) atoms. The van der Waals surface area contributed by atoms with Gasteiger partial charge in [-0.05, 0) is 62.1 Å². The van der Waals surface area contributed by atoms with Crippen molar-refractivity contribution in [2.75, 3.05) is 16.9 Å². The maximum absolute atomic E-state index is 12.9. The molecule has 1 unspecified atom stereocenters. The fourth-order valence-corrected chi connectivity index (χ4v) is 5.25. The van der Waals surface area contributed by atoms with E-state index in [2.05, 4.69) is 12.2 Å². The number of nitrogens with one attached hydrogen (secondary N) is 1. The number of aryl methyl sites for hydroxylation is 4. The number of hydrogen-bond donors (Lipinski definition) is 1. The second-order valence-electron chi connectivity index (χ2n) is 6.62. The molecule has 1 aliphatic rings. The lowest BCUT2D eigenvalue weighted by atomic mass is 10.1. The molecule has 1 aliphatic heterocycles. The predicted molar refractivity (Wildman–Crippen MR) is 110 cm³/mol. The summed E-state index contributed by atoms with van der Waals surface area (Å²) < 4.78 is 0. The number of thioether (sulfide) groups is 1. The molecular formula is C20H24N2O2S2. The number of benzene rings is 1. The second-order valence-corrected chi connectivity index (χ2v) is 8.88. The van der Waals surface area contributed by atoms with E-state index in [0.717, 1.165) is 22.5 Å². The van der Waals surface area contributed by atoms with E-state index in [0.29, 0.717) is 11.6 Å². The van der Waals surface area contributed by atoms with Gasteiger partial charge in [0.2, 0.25) is 5.91 Å². The van der Waals surface area contributed by atoms with E-state index >= 15 is 0 Å². The summed E-state index contributed by atoms with van der Waals surface area (Å²) in [5.41, 5.74) is 4.32. The smallest absolute Gasteiger partial charge is 0.265 e. The normalized spacial score (nSPS) is 16.8. The lowest BCUT2D eigenvalue weighted by molar-refractivity contribution is -0.119. The fourth-order valence-electron chi connectivity index (χ4n) is 3.02. The maximum atomic E-state index is 12.9. The minimum absolute atomic E-state index is 0.0389. The molecule has 0 aliphatic carbocycles. The minimum atomic E-state index is -0.429. The Bertz CT molecular complexity index is 844. The lowest BCUT2D eigenvalue weighted by Gasteiger charge is -2.22. The molecule has 0 bridgehead atoms. The average Bonchev–Trinajstić information content (AvgIpc) is 3.24. The van der Waals surface area contributed by atoms with Crippen LogP contribution in [0.5, 0.6) is 0 Å². The molecular weight excluding hydrogens is 364 g/mol. The second kappa shape index (κ2) is 7.84. The molecule has 6 heteroatoms. The first kappa shape index (κ1) is 19.0. The van der Waals surface area contributed by atoms with Crippen LogP contribution in [0.15, 0.2) is 24.3 Å². The number of hydrogen-bond acceptors (Lipinski definition) is 4. The molecule has 2 aromatic rings. The van der Waals surface area contributed by atoms with Gasteiger partial charge in [0.1, 0.15) is 6.04 Å². The van der Waals surface area contributed by atoms with Gasteiger partial charge >= 0.3 is 0 Å². The van der Waals surface area contributed by atoms with Crippen molar-refractivity contribution in [3.05, 3.63) is 50.7 Å². The van der Waals surface area contributed by atoms with E-state index in [1.54, 1.807) is 16.7 Å². The molecule has 1 N–H and O–H groups in total. The van der Waals surface area contributed by atoms with Gasteiger partial charge in [-0.2, -0.15) is 0 Å². The first-order valence-corrected chi connectivity index (χ1v) is 10.7. The predicted octanol–water partition coefficient (Wildman–Crippen LogP) is 4.39. The lowest BCUT2D eigenvalue weighted by Crippen LogP contribution is -2.44. The summed E-state index contributed by atoms with van der Waals surface area (Å²) in [6, 6.07) is 7.42. The molecule has 138 valence electrons. The van der Waals surface area contributed by atoms with Crippen molar-refractivity contribution in [1.82, 2.24) is 4.90 Å². The van der Waals surface area contributed by atoms with Crippen LogP contribution in [0.2, 0.25) is 0 Å². The molecule has 2 heterocycles. The van der Waals surface area contributed by atoms with Gasteiger partial charge in [0.25, 0.3) is 5.91 Å². The summed E-state index contributed by atoms with van der Waals surface area (Å²) in [4.78, 5) is 29.3. The summed E-state index contributed by atoms with van der Waals surface area (Å²) in [6.45, 7) is 8.21. The summed E-state index contributed by atoms with van der Waals surface area (Å²) in [5, 5.41) is 2.97. The molecule has 0 saturated carbocycles. The SMILES string of the molecule is CCc1cc(C(=O)N2CSCC2C(=O)Nc2ccc(C)c(C)c2)sc1C. The molecule has 1 aromatic heterocycles. The summed E-state index contributed by atoms with van der Waals surface area (Å²) in [5.74, 6) is 1.04. The van der Waals surface area contributed by atoms with Crippen LogP contribution >= 0.6 is 23.1 Å². The summed E-state index contributed by atoms with van der Waals surface area (Å²) in [6.07, 6.45) is 0.918. The number of carbonyl (C=O) groups excluding carboxylic acids is 2. The molecule has 0 spiro atoms. The van der Waals surface area contributed by atoms with Crippen LogP contribution in [0.3, 0.4) is 0 Å². The van der Waals surface area contributed by atoms with Gasteiger partial charge in [-0.3, -0.25) is 9.59 Å². The number of carbonyl (C=O) groups is 2. The van der Waals surface area contributed by atoms with Gasteiger partial charge in [-0.25, -0.2) is 0 Å². The van der Waals surface area contributed by atoms with Crippen molar-refractivity contribution in [2.24, 2.45) is 0 Å². The zero-order chi connectivity index (χ0) is 18.8. The number of amides is 2. The molecule has 1 fully saturated rings. The first-order chi connectivity index (χ1) is 12.4. The highest BCUT2D eigenvalue weighted by molar-refractivity contribution is 7.99. The van der Waals surface area contributed by atoms with Gasteiger partial charge in [0.15, 0.2) is 0 Å². The topological polar surface area (TPSA) is 49.4 Å². The third-order valence-corrected chi connectivity index (χ3v) is 6.93. The molecule has 4 nitrogen and oxygen atoms in total. The van der Waals surface area contributed by atoms with Crippen molar-refractivity contribution < 1.29 is 9.59 Å². The van der Waals surface area contributed by atoms with E-state index in [1.807, 2.05) is 45.0 Å². The number of anilines is 1. The maximum Gasteiger partial charge on any atom is 0.265 e. The van der Waals surface area contributed by atoms with Crippen molar-refractivity contribution in [2.45, 2.75) is 40.2 Å². The van der Waals surface area contributed by atoms with Crippen molar-refractivity contribution in [1.29, 1.82) is 0 Å². The Morgan fingerprint density at radius 2 is 1.96 bits per heavy atom. The van der Waals surface area contributed by atoms with Crippen LogP contribution < -0.4 is 5.32 Å². The largest absolute Gasteiger partial charge is 0.324 e. The Morgan fingerprint density at radius 3 is 2.62 bits per heavy atom.